The smallest absolute Gasteiger partial charge is 0.282 e. The molecule has 20 heavy (non-hydrogen) atoms. The van der Waals surface area contributed by atoms with Crippen LogP contribution in [-0.2, 0) is 14.9 Å². The summed E-state index contributed by atoms with van der Waals surface area (Å²) in [6, 6.07) is 0.584. The van der Waals surface area contributed by atoms with Gasteiger partial charge in [0, 0.05) is 32.2 Å². The van der Waals surface area contributed by atoms with Gasteiger partial charge in [0.1, 0.15) is 0 Å². The molecule has 0 bridgehead atoms. The van der Waals surface area contributed by atoms with Gasteiger partial charge in [-0.1, -0.05) is 0 Å². The van der Waals surface area contributed by atoms with Crippen molar-refractivity contribution in [3.8, 4) is 0 Å². The van der Waals surface area contributed by atoms with Crippen molar-refractivity contribution in [3.63, 3.8) is 0 Å². The van der Waals surface area contributed by atoms with Gasteiger partial charge in [0.15, 0.2) is 0 Å². The van der Waals surface area contributed by atoms with Crippen molar-refractivity contribution in [1.29, 1.82) is 0 Å². The highest BCUT2D eigenvalue weighted by Crippen LogP contribution is 2.19. The fraction of sp³-hybridized carbons (Fsp3) is 1.00. The van der Waals surface area contributed by atoms with E-state index >= 15 is 0 Å². The minimum Gasteiger partial charge on any atom is -0.375 e. The van der Waals surface area contributed by atoms with Gasteiger partial charge in [0.05, 0.1) is 12.7 Å². The Bertz CT molecular complexity index is 411. The minimum atomic E-state index is -3.37. The van der Waals surface area contributed by atoms with E-state index in [4.69, 9.17) is 4.74 Å². The van der Waals surface area contributed by atoms with Crippen LogP contribution in [0.25, 0.3) is 0 Å². The highest BCUT2D eigenvalue weighted by atomic mass is 32.2. The molecule has 2 fully saturated rings. The van der Waals surface area contributed by atoms with Crippen molar-refractivity contribution in [3.05, 3.63) is 0 Å². The average Bonchev–Trinajstić information content (AvgIpc) is 3.21. The van der Waals surface area contributed by atoms with Gasteiger partial charge in [0.2, 0.25) is 0 Å². The molecule has 0 spiro atoms. The number of hydrogen-bond donors (Lipinski definition) is 1. The molecule has 1 saturated carbocycles. The SMILES string of the molecule is CC1CN(S(=O)(=O)N(C)CCCNC2CC2)C(C)CO1. The van der Waals surface area contributed by atoms with Crippen molar-refractivity contribution in [2.24, 2.45) is 0 Å². The third-order valence-corrected chi connectivity index (χ3v) is 5.97. The van der Waals surface area contributed by atoms with E-state index in [1.807, 2.05) is 13.8 Å². The third-order valence-electron chi connectivity index (χ3n) is 3.90. The Balaban J connectivity index is 1.83. The van der Waals surface area contributed by atoms with Gasteiger partial charge in [-0.3, -0.25) is 0 Å². The van der Waals surface area contributed by atoms with Gasteiger partial charge in [-0.25, -0.2) is 0 Å². The molecule has 1 heterocycles. The lowest BCUT2D eigenvalue weighted by Crippen LogP contribution is -2.54. The second-order valence-electron chi connectivity index (χ2n) is 5.97. The summed E-state index contributed by atoms with van der Waals surface area (Å²) in [4.78, 5) is 0. The number of rotatable bonds is 7. The summed E-state index contributed by atoms with van der Waals surface area (Å²) in [5, 5.41) is 3.40. The predicted molar refractivity (Wildman–Crippen MR) is 78.8 cm³/mol. The Labute approximate surface area is 122 Å². The summed E-state index contributed by atoms with van der Waals surface area (Å²) >= 11 is 0. The van der Waals surface area contributed by atoms with E-state index in [1.165, 1.54) is 17.1 Å². The Kier molecular flexibility index (Phi) is 5.42. The highest BCUT2D eigenvalue weighted by molar-refractivity contribution is 7.86. The quantitative estimate of drug-likeness (QED) is 0.692. The zero-order valence-electron chi connectivity index (χ0n) is 12.7. The molecule has 1 saturated heterocycles. The number of ether oxygens (including phenoxy) is 1. The maximum absolute atomic E-state index is 12.6. The molecule has 2 aliphatic rings. The van der Waals surface area contributed by atoms with Crippen molar-refractivity contribution in [2.75, 3.05) is 33.3 Å². The molecule has 1 N–H and O–H groups in total. The Morgan fingerprint density at radius 1 is 1.35 bits per heavy atom. The molecule has 0 radical (unpaired) electrons. The lowest BCUT2D eigenvalue weighted by atomic mass is 10.2. The van der Waals surface area contributed by atoms with Crippen LogP contribution < -0.4 is 5.32 Å². The number of morpholine rings is 1. The summed E-state index contributed by atoms with van der Waals surface area (Å²) in [6.07, 6.45) is 3.33. The summed E-state index contributed by atoms with van der Waals surface area (Å²) < 4.78 is 33.6. The second-order valence-corrected chi connectivity index (χ2v) is 7.96. The second kappa shape index (κ2) is 6.70. The largest absolute Gasteiger partial charge is 0.375 e. The van der Waals surface area contributed by atoms with Gasteiger partial charge in [-0.05, 0) is 39.7 Å². The van der Waals surface area contributed by atoms with E-state index in [-0.39, 0.29) is 12.1 Å². The van der Waals surface area contributed by atoms with Crippen LogP contribution in [-0.4, -0.2) is 68.5 Å². The van der Waals surface area contributed by atoms with Crippen molar-refractivity contribution >= 4 is 10.2 Å². The van der Waals surface area contributed by atoms with Crippen LogP contribution >= 0.6 is 0 Å². The first-order valence-corrected chi connectivity index (χ1v) is 8.89. The molecular weight excluding hydrogens is 278 g/mol. The molecule has 118 valence electrons. The monoisotopic (exact) mass is 305 g/mol. The molecule has 1 aliphatic carbocycles. The Morgan fingerprint density at radius 3 is 2.70 bits per heavy atom. The van der Waals surface area contributed by atoms with Crippen LogP contribution in [0, 0.1) is 0 Å². The summed E-state index contributed by atoms with van der Waals surface area (Å²) in [6.45, 7) is 6.16. The molecule has 2 unspecified atom stereocenters. The van der Waals surface area contributed by atoms with Crippen LogP contribution in [0.3, 0.4) is 0 Å². The molecule has 2 atom stereocenters. The van der Waals surface area contributed by atoms with E-state index in [9.17, 15) is 8.42 Å². The van der Waals surface area contributed by atoms with Crippen molar-refractivity contribution in [1.82, 2.24) is 13.9 Å². The fourth-order valence-corrected chi connectivity index (χ4v) is 4.02. The van der Waals surface area contributed by atoms with Gasteiger partial charge < -0.3 is 10.1 Å². The number of hydrogen-bond acceptors (Lipinski definition) is 4. The maximum atomic E-state index is 12.6. The van der Waals surface area contributed by atoms with Gasteiger partial charge in [0.25, 0.3) is 10.2 Å². The molecule has 1 aliphatic heterocycles. The van der Waals surface area contributed by atoms with E-state index in [0.29, 0.717) is 25.7 Å². The van der Waals surface area contributed by atoms with Crippen LogP contribution in [0.2, 0.25) is 0 Å². The van der Waals surface area contributed by atoms with Gasteiger partial charge in [-0.2, -0.15) is 17.0 Å². The molecule has 0 aromatic rings. The van der Waals surface area contributed by atoms with E-state index in [2.05, 4.69) is 5.32 Å². The zero-order chi connectivity index (χ0) is 14.8. The van der Waals surface area contributed by atoms with Crippen LogP contribution in [0.4, 0.5) is 0 Å². The normalized spacial score (nSPS) is 29.0. The number of nitrogens with zero attached hydrogens (tertiary/aromatic N) is 2. The minimum absolute atomic E-state index is 0.0362. The lowest BCUT2D eigenvalue weighted by molar-refractivity contribution is -0.0188. The summed E-state index contributed by atoms with van der Waals surface area (Å²) in [5.74, 6) is 0. The van der Waals surface area contributed by atoms with Crippen LogP contribution in [0.1, 0.15) is 33.1 Å². The third kappa shape index (κ3) is 4.14. The van der Waals surface area contributed by atoms with Crippen LogP contribution in [0.5, 0.6) is 0 Å². The molecular formula is C13H27N3O3S. The van der Waals surface area contributed by atoms with Gasteiger partial charge >= 0.3 is 0 Å². The zero-order valence-corrected chi connectivity index (χ0v) is 13.5. The maximum Gasteiger partial charge on any atom is 0.282 e. The van der Waals surface area contributed by atoms with Crippen molar-refractivity contribution < 1.29 is 13.2 Å². The van der Waals surface area contributed by atoms with Crippen molar-refractivity contribution in [2.45, 2.75) is 51.3 Å². The summed E-state index contributed by atoms with van der Waals surface area (Å²) in [5.41, 5.74) is 0. The predicted octanol–water partition coefficient (Wildman–Crippen LogP) is 0.414. The molecule has 0 aromatic carbocycles. The fourth-order valence-electron chi connectivity index (χ4n) is 2.38. The standard InChI is InChI=1S/C13H27N3O3S/c1-11-10-19-12(2)9-16(11)20(17,18)15(3)8-4-7-14-13-5-6-13/h11-14H,4-10H2,1-3H3. The average molecular weight is 305 g/mol. The molecule has 6 nitrogen and oxygen atoms in total. The first-order chi connectivity index (χ1) is 9.41. The van der Waals surface area contributed by atoms with E-state index in [0.717, 1.165) is 13.0 Å². The molecule has 0 aromatic heterocycles. The topological polar surface area (TPSA) is 61.9 Å². The molecule has 0 amide bonds. The number of nitrogens with one attached hydrogen (secondary N) is 1. The van der Waals surface area contributed by atoms with Gasteiger partial charge in [-0.15, -0.1) is 0 Å². The Hall–Kier alpha value is -0.210. The summed E-state index contributed by atoms with van der Waals surface area (Å²) in [7, 11) is -1.70. The Morgan fingerprint density at radius 2 is 2.05 bits per heavy atom. The lowest BCUT2D eigenvalue weighted by Gasteiger charge is -2.37. The van der Waals surface area contributed by atoms with E-state index < -0.39 is 10.2 Å². The highest BCUT2D eigenvalue weighted by Gasteiger charge is 2.35. The first kappa shape index (κ1) is 16.2. The molecule has 2 rings (SSSR count). The first-order valence-electron chi connectivity index (χ1n) is 7.49. The molecule has 7 heteroatoms. The van der Waals surface area contributed by atoms with E-state index in [1.54, 1.807) is 11.4 Å². The van der Waals surface area contributed by atoms with Crippen LogP contribution in [0.15, 0.2) is 0 Å².